The molecule has 0 aliphatic rings. The zero-order valence-electron chi connectivity index (χ0n) is 11.2. The summed E-state index contributed by atoms with van der Waals surface area (Å²) in [5.74, 6) is 0.761. The van der Waals surface area contributed by atoms with Crippen LogP contribution in [0.3, 0.4) is 0 Å². The summed E-state index contributed by atoms with van der Waals surface area (Å²) >= 11 is 0. The quantitative estimate of drug-likeness (QED) is 0.720. The third-order valence-corrected chi connectivity index (χ3v) is 2.76. The summed E-state index contributed by atoms with van der Waals surface area (Å²) in [5.41, 5.74) is 0. The van der Waals surface area contributed by atoms with E-state index in [9.17, 15) is 0 Å². The largest absolute Gasteiger partial charge is 0.380 e. The Hall–Kier alpha value is -1.01. The van der Waals surface area contributed by atoms with E-state index < -0.39 is 0 Å². The van der Waals surface area contributed by atoms with Crippen molar-refractivity contribution in [3.05, 3.63) is 5.82 Å². The number of aromatic nitrogens is 4. The molecule has 1 aromatic rings. The summed E-state index contributed by atoms with van der Waals surface area (Å²) in [5, 5.41) is 15.6. The molecule has 0 spiro atoms. The zero-order valence-corrected chi connectivity index (χ0v) is 11.2. The molecule has 0 bridgehead atoms. The van der Waals surface area contributed by atoms with Crippen molar-refractivity contribution in [2.45, 2.75) is 45.3 Å². The molecular weight excluding hydrogens is 218 g/mol. The molecule has 0 aromatic carbocycles. The second-order valence-corrected chi connectivity index (χ2v) is 4.14. The molecule has 0 amide bonds. The summed E-state index contributed by atoms with van der Waals surface area (Å²) in [6.45, 7) is 5.25. The molecule has 2 unspecified atom stereocenters. The Bertz CT molecular complexity index is 311. The molecule has 0 aliphatic carbocycles. The van der Waals surface area contributed by atoms with E-state index in [1.807, 2.05) is 0 Å². The second kappa shape index (κ2) is 7.34. The van der Waals surface area contributed by atoms with Crippen molar-refractivity contribution in [1.29, 1.82) is 0 Å². The van der Waals surface area contributed by atoms with Gasteiger partial charge in [-0.15, -0.1) is 10.2 Å². The van der Waals surface area contributed by atoms with Gasteiger partial charge in [-0.2, -0.15) is 4.80 Å². The van der Waals surface area contributed by atoms with Gasteiger partial charge in [0.05, 0.1) is 13.2 Å². The van der Waals surface area contributed by atoms with E-state index >= 15 is 0 Å². The number of hydrogen-bond acceptors (Lipinski definition) is 5. The van der Waals surface area contributed by atoms with Gasteiger partial charge in [0.2, 0.25) is 0 Å². The Kier molecular flexibility index (Phi) is 6.07. The van der Waals surface area contributed by atoms with Gasteiger partial charge in [-0.1, -0.05) is 13.8 Å². The topological polar surface area (TPSA) is 64.9 Å². The van der Waals surface area contributed by atoms with Crippen LogP contribution >= 0.6 is 0 Å². The predicted molar refractivity (Wildman–Crippen MR) is 65.7 cm³/mol. The van der Waals surface area contributed by atoms with Gasteiger partial charge in [0.25, 0.3) is 0 Å². The highest BCUT2D eigenvalue weighted by atomic mass is 16.5. The molecule has 0 radical (unpaired) electrons. The number of aryl methyl sites for hydroxylation is 1. The molecule has 6 nitrogen and oxygen atoms in total. The first-order chi connectivity index (χ1) is 8.21. The number of methoxy groups -OCH3 is 1. The number of rotatable bonds is 8. The van der Waals surface area contributed by atoms with Crippen molar-refractivity contribution in [1.82, 2.24) is 25.5 Å². The molecular formula is C11H23N5O. The van der Waals surface area contributed by atoms with Gasteiger partial charge in [0.15, 0.2) is 5.82 Å². The van der Waals surface area contributed by atoms with Crippen molar-refractivity contribution in [3.63, 3.8) is 0 Å². The minimum absolute atomic E-state index is 0.186. The zero-order chi connectivity index (χ0) is 12.7. The molecule has 6 heteroatoms. The van der Waals surface area contributed by atoms with Crippen LogP contribution in [0.4, 0.5) is 0 Å². The lowest BCUT2D eigenvalue weighted by Gasteiger charge is -2.25. The van der Waals surface area contributed by atoms with E-state index in [1.165, 1.54) is 4.80 Å². The number of tetrazole rings is 1. The average Bonchev–Trinajstić information content (AvgIpc) is 2.73. The summed E-state index contributed by atoms with van der Waals surface area (Å²) in [7, 11) is 3.53. The number of ether oxygens (including phenoxy) is 1. The van der Waals surface area contributed by atoms with E-state index in [4.69, 9.17) is 4.74 Å². The van der Waals surface area contributed by atoms with Crippen LogP contribution in [-0.4, -0.2) is 46.0 Å². The lowest BCUT2D eigenvalue weighted by molar-refractivity contribution is 0.0647. The number of nitrogens with zero attached hydrogens (tertiary/aromatic N) is 4. The highest BCUT2D eigenvalue weighted by molar-refractivity contribution is 4.88. The Morgan fingerprint density at radius 2 is 2.18 bits per heavy atom. The summed E-state index contributed by atoms with van der Waals surface area (Å²) in [6, 6.07) is 0.245. The smallest absolute Gasteiger partial charge is 0.176 e. The Morgan fingerprint density at radius 1 is 1.41 bits per heavy atom. The van der Waals surface area contributed by atoms with E-state index in [1.54, 1.807) is 14.2 Å². The fourth-order valence-electron chi connectivity index (χ4n) is 1.88. The normalized spacial score (nSPS) is 14.8. The van der Waals surface area contributed by atoms with Gasteiger partial charge in [-0.3, -0.25) is 0 Å². The van der Waals surface area contributed by atoms with Crippen LogP contribution < -0.4 is 5.32 Å². The molecule has 0 fully saturated rings. The molecule has 0 saturated heterocycles. The highest BCUT2D eigenvalue weighted by Crippen LogP contribution is 2.07. The van der Waals surface area contributed by atoms with Crippen LogP contribution in [-0.2, 0) is 18.2 Å². The standard InChI is InChI=1S/C11H23N5O/c1-5-7-12-9(10(6-2)17-4)8-11-13-15-16(3)14-11/h9-10,12H,5-8H2,1-4H3. The fraction of sp³-hybridized carbons (Fsp3) is 0.909. The molecule has 98 valence electrons. The fourth-order valence-corrected chi connectivity index (χ4v) is 1.88. The lowest BCUT2D eigenvalue weighted by Crippen LogP contribution is -2.43. The Balaban J connectivity index is 2.61. The van der Waals surface area contributed by atoms with E-state index in [0.29, 0.717) is 0 Å². The lowest BCUT2D eigenvalue weighted by atomic mass is 10.0. The third kappa shape index (κ3) is 4.40. The minimum atomic E-state index is 0.186. The number of hydrogen-bond donors (Lipinski definition) is 1. The SMILES string of the molecule is CCCNC(Cc1nnn(C)n1)C(CC)OC. The first kappa shape index (κ1) is 14.1. The van der Waals surface area contributed by atoms with Crippen molar-refractivity contribution < 1.29 is 4.74 Å². The Labute approximate surface area is 103 Å². The monoisotopic (exact) mass is 241 g/mol. The molecule has 1 N–H and O–H groups in total. The van der Waals surface area contributed by atoms with Crippen molar-refractivity contribution in [2.24, 2.45) is 7.05 Å². The molecule has 0 aliphatic heterocycles. The van der Waals surface area contributed by atoms with Crippen molar-refractivity contribution in [3.8, 4) is 0 Å². The van der Waals surface area contributed by atoms with Crippen LogP contribution in [0.25, 0.3) is 0 Å². The Morgan fingerprint density at radius 3 is 2.65 bits per heavy atom. The summed E-state index contributed by atoms with van der Waals surface area (Å²) in [4.78, 5) is 1.49. The highest BCUT2D eigenvalue weighted by Gasteiger charge is 2.21. The van der Waals surface area contributed by atoms with Gasteiger partial charge < -0.3 is 10.1 Å². The van der Waals surface area contributed by atoms with Crippen LogP contribution in [0, 0.1) is 0 Å². The molecule has 1 heterocycles. The molecule has 2 atom stereocenters. The minimum Gasteiger partial charge on any atom is -0.380 e. The van der Waals surface area contributed by atoms with Crippen LogP contribution in [0.2, 0.25) is 0 Å². The predicted octanol–water partition coefficient (Wildman–Crippen LogP) is 0.546. The van der Waals surface area contributed by atoms with E-state index in [-0.39, 0.29) is 12.1 Å². The van der Waals surface area contributed by atoms with E-state index in [2.05, 4.69) is 34.6 Å². The van der Waals surface area contributed by atoms with Gasteiger partial charge >= 0.3 is 0 Å². The maximum atomic E-state index is 5.49. The first-order valence-corrected chi connectivity index (χ1v) is 6.20. The first-order valence-electron chi connectivity index (χ1n) is 6.20. The molecule has 17 heavy (non-hydrogen) atoms. The summed E-state index contributed by atoms with van der Waals surface area (Å²) < 4.78 is 5.49. The summed E-state index contributed by atoms with van der Waals surface area (Å²) in [6.07, 6.45) is 3.01. The van der Waals surface area contributed by atoms with Crippen LogP contribution in [0.15, 0.2) is 0 Å². The number of nitrogens with one attached hydrogen (secondary N) is 1. The van der Waals surface area contributed by atoms with E-state index in [0.717, 1.165) is 31.6 Å². The maximum Gasteiger partial charge on any atom is 0.176 e. The average molecular weight is 241 g/mol. The van der Waals surface area contributed by atoms with Crippen LogP contribution in [0.5, 0.6) is 0 Å². The third-order valence-electron chi connectivity index (χ3n) is 2.76. The molecule has 1 rings (SSSR count). The van der Waals surface area contributed by atoms with Gasteiger partial charge in [-0.25, -0.2) is 0 Å². The van der Waals surface area contributed by atoms with Gasteiger partial charge in [0, 0.05) is 19.6 Å². The van der Waals surface area contributed by atoms with Gasteiger partial charge in [0.1, 0.15) is 0 Å². The second-order valence-electron chi connectivity index (χ2n) is 4.14. The van der Waals surface area contributed by atoms with Gasteiger partial charge in [-0.05, 0) is 24.6 Å². The molecule has 0 saturated carbocycles. The molecule has 1 aromatic heterocycles. The van der Waals surface area contributed by atoms with Crippen molar-refractivity contribution in [2.75, 3.05) is 13.7 Å². The maximum absolute atomic E-state index is 5.49. The van der Waals surface area contributed by atoms with Crippen molar-refractivity contribution >= 4 is 0 Å². The van der Waals surface area contributed by atoms with Crippen LogP contribution in [0.1, 0.15) is 32.5 Å².